The molecule has 0 radical (unpaired) electrons. The number of hydrogen-bond donors (Lipinski definition) is 1. The molecule has 3 aromatic rings. The van der Waals surface area contributed by atoms with Gasteiger partial charge in [-0.15, -0.1) is 0 Å². The van der Waals surface area contributed by atoms with Gasteiger partial charge in [0.2, 0.25) is 0 Å². The third-order valence-electron chi connectivity index (χ3n) is 7.14. The summed E-state index contributed by atoms with van der Waals surface area (Å²) in [6.45, 7) is 5.55. The van der Waals surface area contributed by atoms with Gasteiger partial charge in [-0.25, -0.2) is 0 Å². The van der Waals surface area contributed by atoms with E-state index in [1.54, 1.807) is 0 Å². The smallest absolute Gasteiger partial charge is 0.156 e. The van der Waals surface area contributed by atoms with Crippen LogP contribution in [0.3, 0.4) is 0 Å². The Hall–Kier alpha value is -2.99. The molecular weight excluding hydrogens is 442 g/mol. The summed E-state index contributed by atoms with van der Waals surface area (Å²) in [5, 5.41) is 7.37. The number of allylic oxidation sites excluding steroid dienone is 1. The SMILES string of the molecule is C=CC(=O)CC1(c2ccc(-c3ccc([C@H](C)C(=O)Cc4cc(C5CC5)n[nH]4)cc3)cn2)CC1.S. The van der Waals surface area contributed by atoms with Gasteiger partial charge in [0.25, 0.3) is 0 Å². The number of nitrogens with zero attached hydrogens (tertiary/aromatic N) is 2. The van der Waals surface area contributed by atoms with Crippen LogP contribution in [0.25, 0.3) is 11.1 Å². The molecule has 1 N–H and O–H groups in total. The first-order chi connectivity index (χ1) is 16.0. The first-order valence-corrected chi connectivity index (χ1v) is 11.8. The van der Waals surface area contributed by atoms with Gasteiger partial charge in [0, 0.05) is 53.2 Å². The molecule has 0 aliphatic heterocycles. The molecule has 0 saturated heterocycles. The number of ketones is 2. The van der Waals surface area contributed by atoms with Gasteiger partial charge in [-0.3, -0.25) is 19.7 Å². The lowest BCUT2D eigenvalue weighted by Crippen LogP contribution is -2.13. The molecule has 2 aliphatic rings. The van der Waals surface area contributed by atoms with Gasteiger partial charge in [0.15, 0.2) is 5.78 Å². The van der Waals surface area contributed by atoms with Crippen molar-refractivity contribution in [2.45, 2.75) is 62.7 Å². The molecule has 5 nitrogen and oxygen atoms in total. The third kappa shape index (κ3) is 5.07. The fourth-order valence-corrected chi connectivity index (χ4v) is 4.51. The molecule has 2 aliphatic carbocycles. The van der Waals surface area contributed by atoms with Gasteiger partial charge in [-0.2, -0.15) is 18.6 Å². The maximum absolute atomic E-state index is 12.8. The van der Waals surface area contributed by atoms with E-state index < -0.39 is 0 Å². The van der Waals surface area contributed by atoms with Crippen LogP contribution < -0.4 is 0 Å². The van der Waals surface area contributed by atoms with Crippen molar-refractivity contribution in [1.29, 1.82) is 0 Å². The van der Waals surface area contributed by atoms with Crippen LogP contribution in [0, 0.1) is 0 Å². The maximum Gasteiger partial charge on any atom is 0.156 e. The van der Waals surface area contributed by atoms with E-state index in [4.69, 9.17) is 0 Å². The maximum atomic E-state index is 12.8. The average Bonchev–Trinajstić information content (AvgIpc) is 3.78. The zero-order valence-electron chi connectivity index (χ0n) is 19.5. The molecule has 34 heavy (non-hydrogen) atoms. The van der Waals surface area contributed by atoms with E-state index in [1.165, 1.54) is 18.9 Å². The van der Waals surface area contributed by atoms with E-state index in [0.717, 1.165) is 46.6 Å². The summed E-state index contributed by atoms with van der Waals surface area (Å²) in [5.74, 6) is 0.671. The van der Waals surface area contributed by atoms with Crippen LogP contribution in [0.15, 0.2) is 61.3 Å². The molecule has 2 fully saturated rings. The van der Waals surface area contributed by atoms with Gasteiger partial charge in [-0.1, -0.05) is 43.8 Å². The molecule has 1 atom stereocenters. The number of rotatable bonds is 10. The third-order valence-corrected chi connectivity index (χ3v) is 7.14. The van der Waals surface area contributed by atoms with Crippen molar-refractivity contribution in [1.82, 2.24) is 15.2 Å². The normalized spacial score (nSPS) is 16.9. The molecular formula is C28H31N3O2S. The lowest BCUT2D eigenvalue weighted by atomic mass is 9.92. The van der Waals surface area contributed by atoms with E-state index in [9.17, 15) is 9.59 Å². The standard InChI is InChI=1S/C28H29N3O2.H2S/c1-3-24(32)16-28(12-13-28)27-11-10-22(17-29-27)20-6-4-19(5-7-20)18(2)26(33)15-23-14-25(31-30-23)21-8-9-21;/h3-7,10-11,14,17-18,21H,1,8-9,12-13,15-16H2,2H3,(H,30,31);1H2/t18-;/m0./s1. The highest BCUT2D eigenvalue weighted by molar-refractivity contribution is 7.59. The summed E-state index contributed by atoms with van der Waals surface area (Å²) in [6.07, 6.45) is 8.56. The average molecular weight is 474 g/mol. The Kier molecular flexibility index (Phi) is 6.89. The fourth-order valence-electron chi connectivity index (χ4n) is 4.51. The molecule has 2 aromatic heterocycles. The van der Waals surface area contributed by atoms with Crippen molar-refractivity contribution in [3.05, 3.63) is 84.0 Å². The minimum absolute atomic E-state index is 0. The van der Waals surface area contributed by atoms with Gasteiger partial charge >= 0.3 is 0 Å². The second-order valence-corrected chi connectivity index (χ2v) is 9.64. The van der Waals surface area contributed by atoms with Crippen molar-refractivity contribution in [3.63, 3.8) is 0 Å². The van der Waals surface area contributed by atoms with Crippen LogP contribution in [0.2, 0.25) is 0 Å². The van der Waals surface area contributed by atoms with E-state index in [-0.39, 0.29) is 36.4 Å². The summed E-state index contributed by atoms with van der Waals surface area (Å²) in [7, 11) is 0. The summed E-state index contributed by atoms with van der Waals surface area (Å²) in [6, 6.07) is 14.3. The largest absolute Gasteiger partial charge is 0.299 e. The predicted molar refractivity (Wildman–Crippen MR) is 138 cm³/mol. The van der Waals surface area contributed by atoms with Crippen LogP contribution in [0.5, 0.6) is 0 Å². The van der Waals surface area contributed by atoms with E-state index in [1.807, 2.05) is 49.5 Å². The van der Waals surface area contributed by atoms with Crippen LogP contribution in [0.1, 0.15) is 73.5 Å². The number of aromatic nitrogens is 3. The molecule has 176 valence electrons. The molecule has 0 amide bonds. The monoisotopic (exact) mass is 473 g/mol. The molecule has 5 rings (SSSR count). The quantitative estimate of drug-likeness (QED) is 0.392. The van der Waals surface area contributed by atoms with Crippen LogP contribution >= 0.6 is 13.5 Å². The van der Waals surface area contributed by atoms with Crippen LogP contribution in [0.4, 0.5) is 0 Å². The lowest BCUT2D eigenvalue weighted by Gasteiger charge is -2.14. The highest BCUT2D eigenvalue weighted by Gasteiger charge is 2.46. The Morgan fingerprint density at radius 3 is 2.44 bits per heavy atom. The minimum atomic E-state index is -0.177. The van der Waals surface area contributed by atoms with Crippen molar-refractivity contribution in [2.75, 3.05) is 0 Å². The molecule has 0 unspecified atom stereocenters. The Labute approximate surface area is 207 Å². The first kappa shape index (κ1) is 24.1. The molecule has 0 spiro atoms. The van der Waals surface area contributed by atoms with E-state index in [0.29, 0.717) is 18.8 Å². The highest BCUT2D eigenvalue weighted by Crippen LogP contribution is 2.50. The number of hydrogen-bond acceptors (Lipinski definition) is 4. The molecule has 2 heterocycles. The Morgan fingerprint density at radius 1 is 1.15 bits per heavy atom. The second kappa shape index (κ2) is 9.71. The van der Waals surface area contributed by atoms with Crippen LogP contribution in [-0.2, 0) is 21.4 Å². The number of pyridine rings is 1. The number of Topliss-reactive ketones (excluding diaryl/α,β-unsaturated/α-hetero) is 1. The fraction of sp³-hybridized carbons (Fsp3) is 0.357. The number of carbonyl (C=O) groups is 2. The highest BCUT2D eigenvalue weighted by atomic mass is 32.1. The Balaban J connectivity index is 0.00000274. The number of H-pyrrole nitrogens is 1. The number of nitrogens with one attached hydrogen (secondary N) is 1. The van der Waals surface area contributed by atoms with Gasteiger partial charge in [0.05, 0.1) is 5.69 Å². The molecule has 1 aromatic carbocycles. The van der Waals surface area contributed by atoms with Crippen molar-refractivity contribution < 1.29 is 9.59 Å². The Bertz CT molecular complexity index is 1190. The number of aromatic amines is 1. The minimum Gasteiger partial charge on any atom is -0.299 e. The molecule has 6 heteroatoms. The van der Waals surface area contributed by atoms with E-state index in [2.05, 4.69) is 27.8 Å². The second-order valence-electron chi connectivity index (χ2n) is 9.64. The molecule has 2 saturated carbocycles. The summed E-state index contributed by atoms with van der Waals surface area (Å²) in [4.78, 5) is 29.3. The van der Waals surface area contributed by atoms with Crippen molar-refractivity contribution >= 4 is 25.1 Å². The first-order valence-electron chi connectivity index (χ1n) is 11.8. The van der Waals surface area contributed by atoms with Gasteiger partial charge in [-0.05, 0) is 55.0 Å². The van der Waals surface area contributed by atoms with Crippen molar-refractivity contribution in [2.24, 2.45) is 0 Å². The summed E-state index contributed by atoms with van der Waals surface area (Å²) >= 11 is 0. The predicted octanol–water partition coefficient (Wildman–Crippen LogP) is 5.55. The Morgan fingerprint density at radius 2 is 1.85 bits per heavy atom. The lowest BCUT2D eigenvalue weighted by molar-refractivity contribution is -0.119. The zero-order chi connectivity index (χ0) is 23.0. The molecule has 0 bridgehead atoms. The van der Waals surface area contributed by atoms with Gasteiger partial charge in [0.1, 0.15) is 5.78 Å². The van der Waals surface area contributed by atoms with Gasteiger partial charge < -0.3 is 0 Å². The van der Waals surface area contributed by atoms with E-state index >= 15 is 0 Å². The summed E-state index contributed by atoms with van der Waals surface area (Å²) < 4.78 is 0. The number of carbonyl (C=O) groups excluding carboxylic acids is 2. The topological polar surface area (TPSA) is 75.7 Å². The number of benzene rings is 1. The van der Waals surface area contributed by atoms with Crippen LogP contribution in [-0.4, -0.2) is 26.7 Å². The zero-order valence-corrected chi connectivity index (χ0v) is 20.5. The summed E-state index contributed by atoms with van der Waals surface area (Å²) in [5.41, 5.74) is 5.98. The van der Waals surface area contributed by atoms with Crippen molar-refractivity contribution in [3.8, 4) is 11.1 Å².